The molecule has 1 amide bonds. The van der Waals surface area contributed by atoms with E-state index < -0.39 is 0 Å². The van der Waals surface area contributed by atoms with E-state index in [2.05, 4.69) is 36.2 Å². The Hall–Kier alpha value is -2.17. The van der Waals surface area contributed by atoms with Crippen LogP contribution in [0.4, 0.5) is 0 Å². The van der Waals surface area contributed by atoms with Gasteiger partial charge in [0, 0.05) is 31.2 Å². The predicted octanol–water partition coefficient (Wildman–Crippen LogP) is 3.44. The summed E-state index contributed by atoms with van der Waals surface area (Å²) in [5.41, 5.74) is 2.98. The Bertz CT molecular complexity index is 692. The number of hydrogen-bond acceptors (Lipinski definition) is 3. The minimum absolute atomic E-state index is 0.0106. The average molecular weight is 352 g/mol. The molecular formula is C22H28N2O2. The van der Waals surface area contributed by atoms with E-state index in [1.807, 2.05) is 42.5 Å². The first-order chi connectivity index (χ1) is 12.6. The first-order valence-corrected chi connectivity index (χ1v) is 9.40. The number of carbonyl (C=O) groups is 1. The third-order valence-corrected chi connectivity index (χ3v) is 5.01. The zero-order valence-corrected chi connectivity index (χ0v) is 15.7. The van der Waals surface area contributed by atoms with Crippen molar-refractivity contribution in [1.82, 2.24) is 10.2 Å². The van der Waals surface area contributed by atoms with E-state index in [-0.39, 0.29) is 5.91 Å². The van der Waals surface area contributed by atoms with Gasteiger partial charge in [0.2, 0.25) is 0 Å². The van der Waals surface area contributed by atoms with Crippen molar-refractivity contribution in [2.45, 2.75) is 19.9 Å². The van der Waals surface area contributed by atoms with Crippen molar-refractivity contribution in [3.8, 4) is 11.1 Å². The number of morpholine rings is 1. The monoisotopic (exact) mass is 352 g/mol. The molecule has 1 unspecified atom stereocenters. The first-order valence-electron chi connectivity index (χ1n) is 9.40. The maximum absolute atomic E-state index is 12.5. The second-order valence-electron chi connectivity index (χ2n) is 7.11. The lowest BCUT2D eigenvalue weighted by Crippen LogP contribution is -2.51. The zero-order valence-electron chi connectivity index (χ0n) is 15.7. The lowest BCUT2D eigenvalue weighted by Gasteiger charge is -2.36. The zero-order chi connectivity index (χ0) is 18.4. The van der Waals surface area contributed by atoms with E-state index in [0.717, 1.165) is 37.4 Å². The number of rotatable bonds is 6. The molecule has 2 aromatic carbocycles. The molecule has 1 atom stereocenters. The average Bonchev–Trinajstić information content (AvgIpc) is 2.69. The molecule has 1 aliphatic rings. The summed E-state index contributed by atoms with van der Waals surface area (Å²) in [6.45, 7) is 8.50. The summed E-state index contributed by atoms with van der Waals surface area (Å²) in [6.07, 6.45) is 0. The highest BCUT2D eigenvalue weighted by atomic mass is 16.5. The standard InChI is InChI=1S/C22H28N2O2/c1-17(2)21(24-12-14-26-15-13-24)16-23-22(25)20-10-8-19(9-11-20)18-6-4-3-5-7-18/h3-11,17,21H,12-16H2,1-2H3,(H,23,25). The first kappa shape index (κ1) is 18.6. The van der Waals surface area contributed by atoms with Crippen LogP contribution in [0.2, 0.25) is 0 Å². The maximum atomic E-state index is 12.5. The SMILES string of the molecule is CC(C)C(CNC(=O)c1ccc(-c2ccccc2)cc1)N1CCOCC1. The summed E-state index contributed by atoms with van der Waals surface area (Å²) in [4.78, 5) is 15.0. The number of benzene rings is 2. The van der Waals surface area contributed by atoms with Crippen molar-refractivity contribution in [3.05, 3.63) is 60.2 Å². The Labute approximate surface area is 156 Å². The molecule has 0 saturated carbocycles. The second kappa shape index (κ2) is 8.97. The molecule has 2 aromatic rings. The maximum Gasteiger partial charge on any atom is 0.251 e. The molecule has 1 aliphatic heterocycles. The number of nitrogens with zero attached hydrogens (tertiary/aromatic N) is 1. The Morgan fingerprint density at radius 1 is 1.00 bits per heavy atom. The fraction of sp³-hybridized carbons (Fsp3) is 0.409. The minimum Gasteiger partial charge on any atom is -0.379 e. The number of carbonyl (C=O) groups excluding carboxylic acids is 1. The van der Waals surface area contributed by atoms with Gasteiger partial charge in [0.15, 0.2) is 0 Å². The lowest BCUT2D eigenvalue weighted by atomic mass is 10.0. The molecule has 4 nitrogen and oxygen atoms in total. The highest BCUT2D eigenvalue weighted by molar-refractivity contribution is 5.94. The van der Waals surface area contributed by atoms with E-state index in [4.69, 9.17) is 4.74 Å². The molecule has 0 spiro atoms. The Morgan fingerprint density at radius 2 is 1.62 bits per heavy atom. The third kappa shape index (κ3) is 4.71. The van der Waals surface area contributed by atoms with Gasteiger partial charge in [0.25, 0.3) is 5.91 Å². The third-order valence-electron chi connectivity index (χ3n) is 5.01. The molecule has 0 bridgehead atoms. The van der Waals surface area contributed by atoms with E-state index in [1.165, 1.54) is 0 Å². The van der Waals surface area contributed by atoms with Gasteiger partial charge in [-0.25, -0.2) is 0 Å². The summed E-state index contributed by atoms with van der Waals surface area (Å²) in [7, 11) is 0. The highest BCUT2D eigenvalue weighted by Gasteiger charge is 2.24. The van der Waals surface area contributed by atoms with Crippen LogP contribution in [-0.4, -0.2) is 49.7 Å². The quantitative estimate of drug-likeness (QED) is 0.866. The van der Waals surface area contributed by atoms with Gasteiger partial charge < -0.3 is 10.1 Å². The Morgan fingerprint density at radius 3 is 2.23 bits per heavy atom. The van der Waals surface area contributed by atoms with Crippen LogP contribution in [-0.2, 0) is 4.74 Å². The molecule has 0 aromatic heterocycles. The molecule has 3 rings (SSSR count). The van der Waals surface area contributed by atoms with Gasteiger partial charge in [-0.1, -0.05) is 56.3 Å². The summed E-state index contributed by atoms with van der Waals surface area (Å²) < 4.78 is 5.44. The van der Waals surface area contributed by atoms with E-state index in [1.54, 1.807) is 0 Å². The van der Waals surface area contributed by atoms with Crippen molar-refractivity contribution in [2.24, 2.45) is 5.92 Å². The minimum atomic E-state index is -0.0106. The number of hydrogen-bond donors (Lipinski definition) is 1. The van der Waals surface area contributed by atoms with Crippen molar-refractivity contribution < 1.29 is 9.53 Å². The van der Waals surface area contributed by atoms with Crippen LogP contribution in [0.5, 0.6) is 0 Å². The lowest BCUT2D eigenvalue weighted by molar-refractivity contribution is 0.00673. The molecule has 1 fully saturated rings. The molecule has 1 N–H and O–H groups in total. The number of ether oxygens (including phenoxy) is 1. The Kier molecular flexibility index (Phi) is 6.42. The van der Waals surface area contributed by atoms with Crippen LogP contribution in [0.1, 0.15) is 24.2 Å². The summed E-state index contributed by atoms with van der Waals surface area (Å²) in [6, 6.07) is 18.3. The van der Waals surface area contributed by atoms with Crippen molar-refractivity contribution >= 4 is 5.91 Å². The fourth-order valence-corrected chi connectivity index (χ4v) is 3.44. The highest BCUT2D eigenvalue weighted by Crippen LogP contribution is 2.19. The molecule has 1 heterocycles. The normalized spacial score (nSPS) is 16.4. The summed E-state index contributed by atoms with van der Waals surface area (Å²) in [5, 5.41) is 3.12. The predicted molar refractivity (Wildman–Crippen MR) is 105 cm³/mol. The van der Waals surface area contributed by atoms with E-state index >= 15 is 0 Å². The van der Waals surface area contributed by atoms with Crippen molar-refractivity contribution in [2.75, 3.05) is 32.8 Å². The van der Waals surface area contributed by atoms with Gasteiger partial charge in [0.1, 0.15) is 0 Å². The molecule has 4 heteroatoms. The van der Waals surface area contributed by atoms with Gasteiger partial charge in [-0.2, -0.15) is 0 Å². The summed E-state index contributed by atoms with van der Waals surface area (Å²) >= 11 is 0. The van der Waals surface area contributed by atoms with Crippen LogP contribution in [0.25, 0.3) is 11.1 Å². The van der Waals surface area contributed by atoms with E-state index in [9.17, 15) is 4.79 Å². The van der Waals surface area contributed by atoms with Crippen molar-refractivity contribution in [1.29, 1.82) is 0 Å². The second-order valence-corrected chi connectivity index (χ2v) is 7.11. The van der Waals surface area contributed by atoms with Gasteiger partial charge >= 0.3 is 0 Å². The van der Waals surface area contributed by atoms with Crippen LogP contribution < -0.4 is 5.32 Å². The van der Waals surface area contributed by atoms with E-state index in [0.29, 0.717) is 24.1 Å². The largest absolute Gasteiger partial charge is 0.379 e. The summed E-state index contributed by atoms with van der Waals surface area (Å²) in [5.74, 6) is 0.470. The number of amides is 1. The van der Waals surface area contributed by atoms with Crippen LogP contribution in [0, 0.1) is 5.92 Å². The van der Waals surface area contributed by atoms with Gasteiger partial charge in [-0.05, 0) is 29.2 Å². The van der Waals surface area contributed by atoms with Gasteiger partial charge in [0.05, 0.1) is 13.2 Å². The molecule has 138 valence electrons. The molecule has 1 saturated heterocycles. The van der Waals surface area contributed by atoms with Gasteiger partial charge in [-0.15, -0.1) is 0 Å². The van der Waals surface area contributed by atoms with Crippen LogP contribution in [0.15, 0.2) is 54.6 Å². The Balaban J connectivity index is 1.60. The molecule has 26 heavy (non-hydrogen) atoms. The number of nitrogens with one attached hydrogen (secondary N) is 1. The van der Waals surface area contributed by atoms with Crippen LogP contribution in [0.3, 0.4) is 0 Å². The molecular weight excluding hydrogens is 324 g/mol. The smallest absolute Gasteiger partial charge is 0.251 e. The molecule has 0 radical (unpaired) electrons. The fourth-order valence-electron chi connectivity index (χ4n) is 3.44. The molecule has 0 aliphatic carbocycles. The topological polar surface area (TPSA) is 41.6 Å². The van der Waals surface area contributed by atoms with Crippen LogP contribution >= 0.6 is 0 Å². The van der Waals surface area contributed by atoms with Gasteiger partial charge in [-0.3, -0.25) is 9.69 Å². The van der Waals surface area contributed by atoms with Crippen molar-refractivity contribution in [3.63, 3.8) is 0 Å².